The van der Waals surface area contributed by atoms with Crippen molar-refractivity contribution in [1.82, 2.24) is 15.5 Å². The third kappa shape index (κ3) is 3.72. The molecule has 2 heterocycles. The average Bonchev–Trinajstić information content (AvgIpc) is 3.25. The Morgan fingerprint density at radius 3 is 2.88 bits per heavy atom. The maximum absolute atomic E-state index is 13.9. The Bertz CT molecular complexity index is 770. The summed E-state index contributed by atoms with van der Waals surface area (Å²) in [4.78, 5) is 0. The third-order valence-electron chi connectivity index (χ3n) is 3.95. The lowest BCUT2D eigenvalue weighted by Gasteiger charge is -2.16. The van der Waals surface area contributed by atoms with Crippen LogP contribution in [-0.4, -0.2) is 21.3 Å². The standard InChI is InChI=1S/C18H20FN3O2/c1-12(9-16(23)17-7-4-8-24-17)20-10-13-11-21-22-18(13)14-5-2-3-6-15(14)19/h2-8,11-12,16,20,23H,9-10H2,1H3,(H,21,22). The largest absolute Gasteiger partial charge is 0.467 e. The van der Waals surface area contributed by atoms with E-state index >= 15 is 0 Å². The molecule has 0 spiro atoms. The van der Waals surface area contributed by atoms with E-state index in [1.165, 1.54) is 6.07 Å². The van der Waals surface area contributed by atoms with Gasteiger partial charge in [0.2, 0.25) is 0 Å². The summed E-state index contributed by atoms with van der Waals surface area (Å²) in [5, 5.41) is 20.3. The molecule has 0 saturated heterocycles. The number of benzene rings is 1. The first-order chi connectivity index (χ1) is 11.6. The summed E-state index contributed by atoms with van der Waals surface area (Å²) in [6.07, 6.45) is 3.09. The Labute approximate surface area is 139 Å². The molecule has 0 aliphatic heterocycles. The quantitative estimate of drug-likeness (QED) is 0.621. The highest BCUT2D eigenvalue weighted by molar-refractivity contribution is 5.63. The Hall–Kier alpha value is -2.44. The fraction of sp³-hybridized carbons (Fsp3) is 0.278. The molecule has 0 fully saturated rings. The first kappa shape index (κ1) is 16.4. The number of halogens is 1. The monoisotopic (exact) mass is 329 g/mol. The summed E-state index contributed by atoms with van der Waals surface area (Å²) in [5.41, 5.74) is 2.04. The fourth-order valence-electron chi connectivity index (χ4n) is 2.64. The van der Waals surface area contributed by atoms with E-state index in [4.69, 9.17) is 4.42 Å². The second kappa shape index (κ2) is 7.42. The van der Waals surface area contributed by atoms with Gasteiger partial charge in [-0.05, 0) is 37.6 Å². The number of aliphatic hydroxyl groups is 1. The first-order valence-corrected chi connectivity index (χ1v) is 7.87. The lowest BCUT2D eigenvalue weighted by atomic mass is 10.1. The van der Waals surface area contributed by atoms with Crippen molar-refractivity contribution in [3.8, 4) is 11.3 Å². The number of nitrogens with one attached hydrogen (secondary N) is 2. The molecule has 3 aromatic rings. The van der Waals surface area contributed by atoms with Gasteiger partial charge >= 0.3 is 0 Å². The van der Waals surface area contributed by atoms with E-state index in [2.05, 4.69) is 15.5 Å². The highest BCUT2D eigenvalue weighted by Crippen LogP contribution is 2.24. The predicted octanol–water partition coefficient (Wildman–Crippen LogP) is 3.41. The van der Waals surface area contributed by atoms with Crippen molar-refractivity contribution in [2.45, 2.75) is 32.0 Å². The van der Waals surface area contributed by atoms with Crippen molar-refractivity contribution in [3.05, 3.63) is 66.0 Å². The molecular weight excluding hydrogens is 309 g/mol. The Morgan fingerprint density at radius 1 is 1.29 bits per heavy atom. The minimum absolute atomic E-state index is 0.0495. The molecule has 2 atom stereocenters. The molecule has 126 valence electrons. The molecule has 3 rings (SSSR count). The molecule has 6 heteroatoms. The van der Waals surface area contributed by atoms with E-state index in [0.29, 0.717) is 30.0 Å². The van der Waals surface area contributed by atoms with Gasteiger partial charge in [-0.3, -0.25) is 5.10 Å². The molecule has 0 radical (unpaired) electrons. The lowest BCUT2D eigenvalue weighted by Crippen LogP contribution is -2.27. The van der Waals surface area contributed by atoms with E-state index in [9.17, 15) is 9.50 Å². The Balaban J connectivity index is 1.61. The molecule has 24 heavy (non-hydrogen) atoms. The third-order valence-corrected chi connectivity index (χ3v) is 3.95. The van der Waals surface area contributed by atoms with E-state index < -0.39 is 6.10 Å². The Kier molecular flexibility index (Phi) is 5.08. The van der Waals surface area contributed by atoms with Crippen LogP contribution in [0.4, 0.5) is 4.39 Å². The molecule has 0 aliphatic rings. The maximum Gasteiger partial charge on any atom is 0.132 e. The van der Waals surface area contributed by atoms with Crippen LogP contribution in [0.3, 0.4) is 0 Å². The fourth-order valence-corrected chi connectivity index (χ4v) is 2.64. The molecular formula is C18H20FN3O2. The van der Waals surface area contributed by atoms with Crippen LogP contribution in [0.15, 0.2) is 53.3 Å². The SMILES string of the molecule is CC(CC(O)c1ccco1)NCc1cn[nH]c1-c1ccccc1F. The van der Waals surface area contributed by atoms with Crippen molar-refractivity contribution >= 4 is 0 Å². The van der Waals surface area contributed by atoms with Crippen molar-refractivity contribution in [3.63, 3.8) is 0 Å². The van der Waals surface area contributed by atoms with Crippen LogP contribution >= 0.6 is 0 Å². The normalized spacial score (nSPS) is 13.8. The molecule has 1 aromatic carbocycles. The van der Waals surface area contributed by atoms with Crippen molar-refractivity contribution in [2.75, 3.05) is 0 Å². The summed E-state index contributed by atoms with van der Waals surface area (Å²) in [6.45, 7) is 2.50. The number of nitrogens with zero attached hydrogens (tertiary/aromatic N) is 1. The van der Waals surface area contributed by atoms with E-state index in [1.807, 2.05) is 6.92 Å². The van der Waals surface area contributed by atoms with E-state index in [0.717, 1.165) is 5.56 Å². The van der Waals surface area contributed by atoms with Crippen LogP contribution in [0.2, 0.25) is 0 Å². The maximum atomic E-state index is 13.9. The zero-order valence-corrected chi connectivity index (χ0v) is 13.4. The summed E-state index contributed by atoms with van der Waals surface area (Å²) in [6, 6.07) is 10.1. The van der Waals surface area contributed by atoms with Gasteiger partial charge in [0.25, 0.3) is 0 Å². The molecule has 5 nitrogen and oxygen atoms in total. The molecule has 0 saturated carbocycles. The van der Waals surface area contributed by atoms with Gasteiger partial charge in [0.1, 0.15) is 17.7 Å². The van der Waals surface area contributed by atoms with Gasteiger partial charge in [-0.15, -0.1) is 0 Å². The minimum atomic E-state index is -0.655. The number of rotatable bonds is 7. The topological polar surface area (TPSA) is 74.1 Å². The molecule has 0 amide bonds. The second-order valence-electron chi connectivity index (χ2n) is 5.80. The predicted molar refractivity (Wildman–Crippen MR) is 88.6 cm³/mol. The van der Waals surface area contributed by atoms with Crippen LogP contribution < -0.4 is 5.32 Å². The lowest BCUT2D eigenvalue weighted by molar-refractivity contribution is 0.128. The molecule has 0 bridgehead atoms. The number of H-pyrrole nitrogens is 1. The summed E-state index contributed by atoms with van der Waals surface area (Å²) < 4.78 is 19.2. The average molecular weight is 329 g/mol. The van der Waals surface area contributed by atoms with Crippen LogP contribution in [0.1, 0.15) is 30.8 Å². The van der Waals surface area contributed by atoms with Gasteiger partial charge in [-0.25, -0.2) is 4.39 Å². The zero-order chi connectivity index (χ0) is 16.9. The first-order valence-electron chi connectivity index (χ1n) is 7.87. The van der Waals surface area contributed by atoms with Crippen LogP contribution in [0.25, 0.3) is 11.3 Å². The van der Waals surface area contributed by atoms with Crippen molar-refractivity contribution < 1.29 is 13.9 Å². The van der Waals surface area contributed by atoms with Gasteiger partial charge in [0.05, 0.1) is 18.2 Å². The van der Waals surface area contributed by atoms with Crippen molar-refractivity contribution in [1.29, 1.82) is 0 Å². The summed E-state index contributed by atoms with van der Waals surface area (Å²) in [7, 11) is 0. The van der Waals surface area contributed by atoms with Crippen molar-refractivity contribution in [2.24, 2.45) is 0 Å². The second-order valence-corrected chi connectivity index (χ2v) is 5.80. The number of aliphatic hydroxyl groups excluding tert-OH is 1. The van der Waals surface area contributed by atoms with E-state index in [1.54, 1.807) is 42.8 Å². The van der Waals surface area contributed by atoms with Crippen LogP contribution in [0.5, 0.6) is 0 Å². The Morgan fingerprint density at radius 2 is 2.12 bits per heavy atom. The molecule has 0 aliphatic carbocycles. The molecule has 2 unspecified atom stereocenters. The smallest absolute Gasteiger partial charge is 0.132 e. The van der Waals surface area contributed by atoms with Crippen LogP contribution in [0, 0.1) is 5.82 Å². The van der Waals surface area contributed by atoms with Gasteiger partial charge in [0, 0.05) is 23.7 Å². The van der Waals surface area contributed by atoms with Gasteiger partial charge in [0.15, 0.2) is 0 Å². The van der Waals surface area contributed by atoms with Gasteiger partial charge in [-0.1, -0.05) is 12.1 Å². The van der Waals surface area contributed by atoms with Gasteiger partial charge in [-0.2, -0.15) is 5.10 Å². The zero-order valence-electron chi connectivity index (χ0n) is 13.4. The van der Waals surface area contributed by atoms with Gasteiger partial charge < -0.3 is 14.8 Å². The number of furan rings is 1. The summed E-state index contributed by atoms with van der Waals surface area (Å²) >= 11 is 0. The number of aromatic amines is 1. The molecule has 3 N–H and O–H groups in total. The number of hydrogen-bond acceptors (Lipinski definition) is 4. The number of aromatic nitrogens is 2. The number of hydrogen-bond donors (Lipinski definition) is 3. The van der Waals surface area contributed by atoms with Crippen LogP contribution in [-0.2, 0) is 6.54 Å². The van der Waals surface area contributed by atoms with E-state index in [-0.39, 0.29) is 11.9 Å². The minimum Gasteiger partial charge on any atom is -0.467 e. The summed E-state index contributed by atoms with van der Waals surface area (Å²) in [5.74, 6) is 0.267. The molecule has 2 aromatic heterocycles. The highest BCUT2D eigenvalue weighted by Gasteiger charge is 2.16. The highest BCUT2D eigenvalue weighted by atomic mass is 19.1.